The lowest BCUT2D eigenvalue weighted by Gasteiger charge is -2.23. The molecule has 0 amide bonds. The smallest absolute Gasteiger partial charge is 0.133 e. The minimum absolute atomic E-state index is 0.0689. The first-order chi connectivity index (χ1) is 7.51. The van der Waals surface area contributed by atoms with Crippen molar-refractivity contribution in [2.75, 3.05) is 7.05 Å². The van der Waals surface area contributed by atoms with Gasteiger partial charge in [-0.3, -0.25) is 0 Å². The molecule has 0 heterocycles. The van der Waals surface area contributed by atoms with Crippen LogP contribution in [0.25, 0.3) is 0 Å². The summed E-state index contributed by atoms with van der Waals surface area (Å²) in [6.45, 7) is 3.83. The summed E-state index contributed by atoms with van der Waals surface area (Å²) in [5.41, 5.74) is -0.0850. The average Bonchev–Trinajstić information content (AvgIpc) is 2.22. The number of rotatable bonds is 4. The standard InChI is InChI=1S/C12H16F3N/c1-4-7(2)12(16-3)11-9(14)5-8(13)6-10(11)15/h5-7,12,16H,4H2,1-3H3. The second-order valence-corrected chi connectivity index (χ2v) is 3.93. The molecular formula is C12H16F3N. The van der Waals surface area contributed by atoms with Gasteiger partial charge in [0.05, 0.1) is 0 Å². The summed E-state index contributed by atoms with van der Waals surface area (Å²) >= 11 is 0. The van der Waals surface area contributed by atoms with Crippen molar-refractivity contribution in [1.29, 1.82) is 0 Å². The molecule has 90 valence electrons. The van der Waals surface area contributed by atoms with Gasteiger partial charge in [0.1, 0.15) is 17.5 Å². The predicted octanol–water partition coefficient (Wildman–Crippen LogP) is 3.41. The highest BCUT2D eigenvalue weighted by Crippen LogP contribution is 2.28. The molecule has 0 radical (unpaired) electrons. The van der Waals surface area contributed by atoms with Gasteiger partial charge >= 0.3 is 0 Å². The fraction of sp³-hybridized carbons (Fsp3) is 0.500. The molecule has 0 fully saturated rings. The van der Waals surface area contributed by atoms with E-state index < -0.39 is 23.5 Å². The lowest BCUT2D eigenvalue weighted by atomic mass is 9.92. The minimum Gasteiger partial charge on any atom is -0.313 e. The zero-order valence-corrected chi connectivity index (χ0v) is 9.65. The lowest BCUT2D eigenvalue weighted by molar-refractivity contribution is 0.369. The molecule has 0 saturated carbocycles. The van der Waals surface area contributed by atoms with Crippen molar-refractivity contribution >= 4 is 0 Å². The first-order valence-corrected chi connectivity index (χ1v) is 5.33. The predicted molar refractivity (Wildman–Crippen MR) is 57.6 cm³/mol. The van der Waals surface area contributed by atoms with Gasteiger partial charge in [-0.05, 0) is 13.0 Å². The van der Waals surface area contributed by atoms with Crippen LogP contribution in [0.5, 0.6) is 0 Å². The second kappa shape index (κ2) is 5.34. The van der Waals surface area contributed by atoms with Crippen molar-refractivity contribution in [3.63, 3.8) is 0 Å². The molecule has 16 heavy (non-hydrogen) atoms. The van der Waals surface area contributed by atoms with Gasteiger partial charge in [0.25, 0.3) is 0 Å². The van der Waals surface area contributed by atoms with Crippen molar-refractivity contribution in [3.8, 4) is 0 Å². The Morgan fingerprint density at radius 2 is 1.69 bits per heavy atom. The molecule has 0 aromatic heterocycles. The number of halogens is 3. The molecule has 0 saturated heterocycles. The zero-order valence-electron chi connectivity index (χ0n) is 9.65. The zero-order chi connectivity index (χ0) is 12.3. The van der Waals surface area contributed by atoms with Crippen molar-refractivity contribution in [3.05, 3.63) is 35.1 Å². The van der Waals surface area contributed by atoms with E-state index in [0.29, 0.717) is 12.1 Å². The van der Waals surface area contributed by atoms with E-state index in [4.69, 9.17) is 0 Å². The van der Waals surface area contributed by atoms with Gasteiger partial charge in [0.15, 0.2) is 0 Å². The molecular weight excluding hydrogens is 215 g/mol. The van der Waals surface area contributed by atoms with Crippen LogP contribution in [0.2, 0.25) is 0 Å². The molecule has 1 N–H and O–H groups in total. The molecule has 1 aromatic rings. The molecule has 4 heteroatoms. The fourth-order valence-electron chi connectivity index (χ4n) is 1.80. The first kappa shape index (κ1) is 13.0. The van der Waals surface area contributed by atoms with Crippen molar-refractivity contribution < 1.29 is 13.2 Å². The van der Waals surface area contributed by atoms with Gasteiger partial charge in [0, 0.05) is 23.7 Å². The third-order valence-corrected chi connectivity index (χ3v) is 2.88. The molecule has 2 atom stereocenters. The largest absolute Gasteiger partial charge is 0.313 e. The molecule has 1 aromatic carbocycles. The van der Waals surface area contributed by atoms with Gasteiger partial charge in [-0.1, -0.05) is 20.3 Å². The van der Waals surface area contributed by atoms with Gasteiger partial charge in [-0.25, -0.2) is 13.2 Å². The van der Waals surface area contributed by atoms with E-state index in [1.165, 1.54) is 0 Å². The summed E-state index contributed by atoms with van der Waals surface area (Å²) in [5.74, 6) is -2.49. The Kier molecular flexibility index (Phi) is 4.35. The monoisotopic (exact) mass is 231 g/mol. The van der Waals surface area contributed by atoms with Gasteiger partial charge in [-0.2, -0.15) is 0 Å². The van der Waals surface area contributed by atoms with Gasteiger partial charge < -0.3 is 5.32 Å². The first-order valence-electron chi connectivity index (χ1n) is 5.33. The third-order valence-electron chi connectivity index (χ3n) is 2.88. The Morgan fingerprint density at radius 3 is 2.06 bits per heavy atom. The van der Waals surface area contributed by atoms with E-state index in [9.17, 15) is 13.2 Å². The van der Waals surface area contributed by atoms with Crippen LogP contribution in [-0.2, 0) is 0 Å². The Bertz CT molecular complexity index is 342. The van der Waals surface area contributed by atoms with Crippen molar-refractivity contribution in [1.82, 2.24) is 5.32 Å². The van der Waals surface area contributed by atoms with Crippen molar-refractivity contribution in [2.24, 2.45) is 5.92 Å². The summed E-state index contributed by atoms with van der Waals surface area (Å²) in [5, 5.41) is 2.87. The molecule has 0 bridgehead atoms. The van der Waals surface area contributed by atoms with Crippen LogP contribution in [0.1, 0.15) is 31.9 Å². The molecule has 0 aliphatic carbocycles. The van der Waals surface area contributed by atoms with Crippen LogP contribution in [0.15, 0.2) is 12.1 Å². The normalized spacial score (nSPS) is 14.9. The number of benzene rings is 1. The molecule has 0 spiro atoms. The summed E-state index contributed by atoms with van der Waals surface area (Å²) in [6, 6.07) is 0.988. The summed E-state index contributed by atoms with van der Waals surface area (Å²) in [6.07, 6.45) is 0.780. The van der Waals surface area contributed by atoms with Crippen LogP contribution < -0.4 is 5.32 Å². The quantitative estimate of drug-likeness (QED) is 0.837. The average molecular weight is 231 g/mol. The van der Waals surface area contributed by atoms with E-state index >= 15 is 0 Å². The van der Waals surface area contributed by atoms with Crippen LogP contribution in [0.4, 0.5) is 13.2 Å². The van der Waals surface area contributed by atoms with Gasteiger partial charge in [-0.15, -0.1) is 0 Å². The molecule has 0 aliphatic heterocycles. The third kappa shape index (κ3) is 2.55. The number of nitrogens with one attached hydrogen (secondary N) is 1. The van der Waals surface area contributed by atoms with E-state index in [0.717, 1.165) is 6.42 Å². The Morgan fingerprint density at radius 1 is 1.19 bits per heavy atom. The maximum Gasteiger partial charge on any atom is 0.133 e. The highest BCUT2D eigenvalue weighted by Gasteiger charge is 2.23. The van der Waals surface area contributed by atoms with Crippen LogP contribution in [0.3, 0.4) is 0 Å². The summed E-state index contributed by atoms with van der Waals surface area (Å²) in [7, 11) is 1.64. The fourth-order valence-corrected chi connectivity index (χ4v) is 1.80. The summed E-state index contributed by atoms with van der Waals surface area (Å²) in [4.78, 5) is 0. The van der Waals surface area contributed by atoms with Crippen LogP contribution >= 0.6 is 0 Å². The highest BCUT2D eigenvalue weighted by molar-refractivity contribution is 5.24. The SMILES string of the molecule is CCC(C)C(NC)c1c(F)cc(F)cc1F. The van der Waals surface area contributed by atoms with Gasteiger partial charge in [0.2, 0.25) is 0 Å². The van der Waals surface area contributed by atoms with Crippen molar-refractivity contribution in [2.45, 2.75) is 26.3 Å². The van der Waals surface area contributed by atoms with E-state index in [1.54, 1.807) is 7.05 Å². The molecule has 2 unspecified atom stereocenters. The number of hydrogen-bond acceptors (Lipinski definition) is 1. The van der Waals surface area contributed by atoms with E-state index in [2.05, 4.69) is 5.32 Å². The van der Waals surface area contributed by atoms with Crippen LogP contribution in [0, 0.1) is 23.4 Å². The molecule has 1 nitrogen and oxygen atoms in total. The Hall–Kier alpha value is -1.03. The second-order valence-electron chi connectivity index (χ2n) is 3.93. The van der Waals surface area contributed by atoms with E-state index in [1.807, 2.05) is 13.8 Å². The lowest BCUT2D eigenvalue weighted by Crippen LogP contribution is -2.25. The topological polar surface area (TPSA) is 12.0 Å². The molecule has 0 aliphatic rings. The number of hydrogen-bond donors (Lipinski definition) is 1. The highest BCUT2D eigenvalue weighted by atomic mass is 19.1. The van der Waals surface area contributed by atoms with E-state index in [-0.39, 0.29) is 11.5 Å². The minimum atomic E-state index is -0.891. The maximum atomic E-state index is 13.5. The Labute approximate surface area is 93.7 Å². The van der Waals surface area contributed by atoms with Crippen LogP contribution in [-0.4, -0.2) is 7.05 Å². The molecule has 1 rings (SSSR count). The summed E-state index contributed by atoms with van der Waals surface area (Å²) < 4.78 is 39.8. The Balaban J connectivity index is 3.19. The maximum absolute atomic E-state index is 13.5.